The van der Waals surface area contributed by atoms with E-state index in [1.165, 1.54) is 10.9 Å². The van der Waals surface area contributed by atoms with Gasteiger partial charge in [0, 0.05) is 0 Å². The minimum atomic E-state index is -3.63. The van der Waals surface area contributed by atoms with Gasteiger partial charge in [-0.25, -0.2) is 0 Å². The fraction of sp³-hybridized carbons (Fsp3) is 0.571. The molecule has 96 valence electrons. The number of rotatable bonds is 2. The summed E-state index contributed by atoms with van der Waals surface area (Å²) in [5.41, 5.74) is 4.71. The first kappa shape index (κ1) is 12.3. The number of hydrogen-bond acceptors (Lipinski definition) is 8. The van der Waals surface area contributed by atoms with Crippen LogP contribution in [0.2, 0.25) is 0 Å². The van der Waals surface area contributed by atoms with E-state index in [2.05, 4.69) is 9.97 Å². The third-order valence-corrected chi connectivity index (χ3v) is 3.36. The van der Waals surface area contributed by atoms with Crippen molar-refractivity contribution < 1.29 is 19.0 Å². The first-order valence-corrected chi connectivity index (χ1v) is 6.86. The summed E-state index contributed by atoms with van der Waals surface area (Å²) in [6.07, 6.45) is 0.563. The van der Waals surface area contributed by atoms with E-state index in [-0.39, 0.29) is 25.4 Å². The van der Waals surface area contributed by atoms with Crippen molar-refractivity contribution in [2.75, 3.05) is 18.7 Å². The summed E-state index contributed by atoms with van der Waals surface area (Å²) in [6, 6.07) is 0. The summed E-state index contributed by atoms with van der Waals surface area (Å²) in [4.78, 5) is 36.9. The number of nitrogen functional groups attached to an aromatic ring is 1. The Morgan fingerprint density at radius 1 is 1.65 bits per heavy atom. The van der Waals surface area contributed by atoms with Crippen molar-refractivity contribution in [3.63, 3.8) is 0 Å². The Bertz CT molecular complexity index is 454. The van der Waals surface area contributed by atoms with Crippen molar-refractivity contribution in [3.05, 3.63) is 16.8 Å². The van der Waals surface area contributed by atoms with Crippen molar-refractivity contribution in [3.8, 4) is 0 Å². The van der Waals surface area contributed by atoms with Crippen LogP contribution in [0, 0.1) is 0 Å². The molecule has 0 saturated carbocycles. The Balaban J connectivity index is 2.00. The topological polar surface area (TPSA) is 133 Å². The van der Waals surface area contributed by atoms with E-state index in [1.807, 2.05) is 0 Å². The van der Waals surface area contributed by atoms with Crippen molar-refractivity contribution in [2.45, 2.75) is 12.6 Å². The van der Waals surface area contributed by atoms with E-state index in [9.17, 15) is 14.6 Å². The monoisotopic (exact) mass is 264 g/mol. The second-order valence-corrected chi connectivity index (χ2v) is 5.70. The predicted molar refractivity (Wildman–Crippen MR) is 59.1 cm³/mol. The summed E-state index contributed by atoms with van der Waals surface area (Å²) in [7, 11) is -3.63. The van der Waals surface area contributed by atoms with Crippen molar-refractivity contribution in [1.29, 1.82) is 0 Å². The molecule has 1 aromatic heterocycles. The molecular formula is C7H13N4O5P. The van der Waals surface area contributed by atoms with Crippen LogP contribution in [0.15, 0.2) is 11.1 Å². The molecule has 1 atom stereocenters. The normalized spacial score (nSPS) is 25.4. The zero-order valence-corrected chi connectivity index (χ0v) is 9.81. The molecule has 1 fully saturated rings. The van der Waals surface area contributed by atoms with Gasteiger partial charge < -0.3 is 0 Å². The SMILES string of the molecule is Nc1ncn(C[C@H]2CO[PH](O)(O)CO2)c(=O)n1. The van der Waals surface area contributed by atoms with Crippen LogP contribution in [0.5, 0.6) is 0 Å². The average Bonchev–Trinajstić information content (AvgIpc) is 2.25. The summed E-state index contributed by atoms with van der Waals surface area (Å²) >= 11 is 0. The van der Waals surface area contributed by atoms with Gasteiger partial charge in [0.1, 0.15) is 0 Å². The second kappa shape index (κ2) is 4.63. The van der Waals surface area contributed by atoms with Gasteiger partial charge >= 0.3 is 95.6 Å². The molecule has 17 heavy (non-hydrogen) atoms. The first-order valence-electron chi connectivity index (χ1n) is 4.85. The molecule has 0 radical (unpaired) electrons. The molecule has 1 aliphatic heterocycles. The fourth-order valence-corrected chi connectivity index (χ4v) is 2.35. The van der Waals surface area contributed by atoms with Gasteiger partial charge in [0.2, 0.25) is 0 Å². The van der Waals surface area contributed by atoms with Crippen LogP contribution in [-0.2, 0) is 15.8 Å². The van der Waals surface area contributed by atoms with Gasteiger partial charge in [-0.2, -0.15) is 0 Å². The third-order valence-electron chi connectivity index (χ3n) is 2.19. The summed E-state index contributed by atoms with van der Waals surface area (Å²) < 4.78 is 11.2. The molecule has 0 aliphatic carbocycles. The summed E-state index contributed by atoms with van der Waals surface area (Å²) in [5.74, 6) is -0.0933. The van der Waals surface area contributed by atoms with Crippen LogP contribution in [0.1, 0.15) is 0 Å². The van der Waals surface area contributed by atoms with Crippen LogP contribution in [0.25, 0.3) is 0 Å². The Kier molecular flexibility index (Phi) is 3.36. The van der Waals surface area contributed by atoms with E-state index in [1.54, 1.807) is 0 Å². The molecule has 1 aliphatic rings. The van der Waals surface area contributed by atoms with Gasteiger partial charge in [-0.05, 0) is 0 Å². The molecule has 1 saturated heterocycles. The van der Waals surface area contributed by atoms with Gasteiger partial charge in [0.25, 0.3) is 0 Å². The van der Waals surface area contributed by atoms with Gasteiger partial charge in [0.05, 0.1) is 0 Å². The Hall–Kier alpha value is -1.12. The average molecular weight is 264 g/mol. The Morgan fingerprint density at radius 2 is 2.41 bits per heavy atom. The Labute approximate surface area is 96.4 Å². The maximum atomic E-state index is 11.4. The number of hydrogen-bond donors (Lipinski definition) is 3. The Morgan fingerprint density at radius 3 is 3.00 bits per heavy atom. The quantitative estimate of drug-likeness (QED) is 0.526. The molecule has 2 heterocycles. The molecule has 9 nitrogen and oxygen atoms in total. The van der Waals surface area contributed by atoms with E-state index in [0.717, 1.165) is 0 Å². The van der Waals surface area contributed by atoms with Crippen molar-refractivity contribution >= 4 is 13.9 Å². The third kappa shape index (κ3) is 3.18. The molecule has 0 aromatic carbocycles. The van der Waals surface area contributed by atoms with Crippen LogP contribution in [-0.4, -0.2) is 43.4 Å². The second-order valence-electron chi connectivity index (χ2n) is 3.64. The van der Waals surface area contributed by atoms with Gasteiger partial charge in [-0.1, -0.05) is 0 Å². The van der Waals surface area contributed by atoms with E-state index >= 15 is 0 Å². The molecule has 4 N–H and O–H groups in total. The van der Waals surface area contributed by atoms with Gasteiger partial charge in [-0.15, -0.1) is 0 Å². The minimum absolute atomic E-state index is 0.00996. The first-order chi connectivity index (χ1) is 7.96. The molecule has 10 heteroatoms. The van der Waals surface area contributed by atoms with Crippen LogP contribution < -0.4 is 11.4 Å². The molecule has 1 aromatic rings. The molecule has 2 rings (SSSR count). The zero-order valence-electron chi connectivity index (χ0n) is 8.81. The summed E-state index contributed by atoms with van der Waals surface area (Å²) in [5, 5.41) is 0. The van der Waals surface area contributed by atoms with Crippen molar-refractivity contribution in [1.82, 2.24) is 14.5 Å². The molecule has 0 amide bonds. The van der Waals surface area contributed by atoms with E-state index in [4.69, 9.17) is 15.0 Å². The number of ether oxygens (including phenoxy) is 1. The zero-order chi connectivity index (χ0) is 12.5. The number of anilines is 1. The summed E-state index contributed by atoms with van der Waals surface area (Å²) in [6.45, 7) is 0.180. The number of nitrogens with two attached hydrogens (primary N) is 1. The van der Waals surface area contributed by atoms with Crippen LogP contribution in [0.3, 0.4) is 0 Å². The molecule has 0 bridgehead atoms. The maximum absolute atomic E-state index is 11.4. The molecule has 0 spiro atoms. The van der Waals surface area contributed by atoms with Gasteiger partial charge in [0.15, 0.2) is 0 Å². The number of aromatic nitrogens is 3. The fourth-order valence-electron chi connectivity index (χ4n) is 1.36. The van der Waals surface area contributed by atoms with Crippen LogP contribution in [0.4, 0.5) is 5.95 Å². The van der Waals surface area contributed by atoms with Crippen molar-refractivity contribution in [2.24, 2.45) is 0 Å². The molecular weight excluding hydrogens is 251 g/mol. The standard InChI is InChI=1S/C7H13N4O5P/c8-6-9-3-11(7(12)10-6)1-5-2-16-17(13,14)4-15-5/h3,5,13-14,17H,1-2,4H2,(H2,8,10,12)/t5-/m0/s1. The predicted octanol–water partition coefficient (Wildman–Crippen LogP) is -1.93. The van der Waals surface area contributed by atoms with Crippen LogP contribution >= 0.6 is 7.94 Å². The molecule has 0 unspecified atom stereocenters. The number of nitrogens with zero attached hydrogens (tertiary/aromatic N) is 3. The van der Waals surface area contributed by atoms with E-state index in [0.29, 0.717) is 0 Å². The van der Waals surface area contributed by atoms with E-state index < -0.39 is 19.7 Å². The van der Waals surface area contributed by atoms with Gasteiger partial charge in [-0.3, -0.25) is 0 Å².